The Hall–Kier alpha value is -1.23. The van der Waals surface area contributed by atoms with E-state index in [-0.39, 0.29) is 16.6 Å². The van der Waals surface area contributed by atoms with Crippen molar-refractivity contribution in [3.05, 3.63) is 31.6 Å². The predicted molar refractivity (Wildman–Crippen MR) is 79.3 cm³/mol. The Bertz CT molecular complexity index is 595. The smallest absolute Gasteiger partial charge is 0.306 e. The molecule has 0 aromatic carbocycles. The standard InChI is InChI=1S/C14H20ClN3O2/c15-12-11(10-6-2-3-7-10)13(19)18(14(20)16-12)17-8-4-1-5-9-17/h10H,1-9H2,(H,16,20). The molecule has 6 heteroatoms. The first kappa shape index (κ1) is 13.7. The molecule has 5 nitrogen and oxygen atoms in total. The maximum absolute atomic E-state index is 12.7. The van der Waals surface area contributed by atoms with Crippen molar-refractivity contribution in [2.24, 2.45) is 0 Å². The summed E-state index contributed by atoms with van der Waals surface area (Å²) >= 11 is 6.14. The summed E-state index contributed by atoms with van der Waals surface area (Å²) in [5.41, 5.74) is -0.0227. The number of hydrogen-bond donors (Lipinski definition) is 1. The number of hydrogen-bond acceptors (Lipinski definition) is 3. The lowest BCUT2D eigenvalue weighted by atomic mass is 10.0. The first-order chi connectivity index (χ1) is 9.68. The minimum Gasteiger partial charge on any atom is -0.306 e. The largest absolute Gasteiger partial charge is 0.348 e. The van der Waals surface area contributed by atoms with E-state index in [9.17, 15) is 9.59 Å². The van der Waals surface area contributed by atoms with Crippen LogP contribution in [0.15, 0.2) is 9.59 Å². The highest BCUT2D eigenvalue weighted by Gasteiger charge is 2.26. The molecule has 0 bridgehead atoms. The van der Waals surface area contributed by atoms with Gasteiger partial charge in [0.25, 0.3) is 5.56 Å². The van der Waals surface area contributed by atoms with Gasteiger partial charge < -0.3 is 5.01 Å². The lowest BCUT2D eigenvalue weighted by Gasteiger charge is -2.29. The van der Waals surface area contributed by atoms with Crippen molar-refractivity contribution >= 4 is 11.6 Å². The summed E-state index contributed by atoms with van der Waals surface area (Å²) in [7, 11) is 0. The van der Waals surface area contributed by atoms with Gasteiger partial charge in [-0.3, -0.25) is 9.78 Å². The molecule has 1 aromatic heterocycles. The summed E-state index contributed by atoms with van der Waals surface area (Å²) in [6.07, 6.45) is 7.43. The van der Waals surface area contributed by atoms with Crippen molar-refractivity contribution < 1.29 is 0 Å². The summed E-state index contributed by atoms with van der Waals surface area (Å²) in [6, 6.07) is 0. The Morgan fingerprint density at radius 2 is 1.65 bits per heavy atom. The van der Waals surface area contributed by atoms with E-state index in [1.807, 2.05) is 5.01 Å². The summed E-state index contributed by atoms with van der Waals surface area (Å²) < 4.78 is 1.28. The Balaban J connectivity index is 2.07. The van der Waals surface area contributed by atoms with Crippen molar-refractivity contribution in [2.75, 3.05) is 18.1 Å². The van der Waals surface area contributed by atoms with E-state index in [0.717, 1.165) is 58.0 Å². The van der Waals surface area contributed by atoms with Crippen molar-refractivity contribution in [1.82, 2.24) is 9.66 Å². The molecular weight excluding hydrogens is 278 g/mol. The van der Waals surface area contributed by atoms with Crippen LogP contribution in [0.3, 0.4) is 0 Å². The highest BCUT2D eigenvalue weighted by molar-refractivity contribution is 6.30. The molecule has 1 aromatic rings. The molecule has 20 heavy (non-hydrogen) atoms. The Morgan fingerprint density at radius 1 is 1.00 bits per heavy atom. The first-order valence-corrected chi connectivity index (χ1v) is 7.86. The first-order valence-electron chi connectivity index (χ1n) is 7.48. The van der Waals surface area contributed by atoms with Crippen molar-refractivity contribution in [2.45, 2.75) is 50.9 Å². The van der Waals surface area contributed by atoms with Gasteiger partial charge in [-0.15, -0.1) is 0 Å². The molecule has 2 heterocycles. The summed E-state index contributed by atoms with van der Waals surface area (Å²) in [6.45, 7) is 1.52. The Morgan fingerprint density at radius 3 is 2.30 bits per heavy atom. The van der Waals surface area contributed by atoms with Crippen LogP contribution < -0.4 is 16.3 Å². The molecule has 1 saturated heterocycles. The summed E-state index contributed by atoms with van der Waals surface area (Å²) in [5, 5.41) is 2.10. The van der Waals surface area contributed by atoms with Crippen LogP contribution in [-0.4, -0.2) is 22.7 Å². The molecule has 0 spiro atoms. The highest BCUT2D eigenvalue weighted by atomic mass is 35.5. The summed E-state index contributed by atoms with van der Waals surface area (Å²) in [4.78, 5) is 27.5. The molecule has 0 unspecified atom stereocenters. The van der Waals surface area contributed by atoms with Crippen molar-refractivity contribution in [3.63, 3.8) is 0 Å². The van der Waals surface area contributed by atoms with Gasteiger partial charge in [0.1, 0.15) is 5.15 Å². The third-order valence-electron chi connectivity index (χ3n) is 4.45. The molecule has 1 aliphatic carbocycles. The Labute approximate surface area is 122 Å². The third kappa shape index (κ3) is 2.39. The second kappa shape index (κ2) is 5.64. The number of halogens is 1. The number of aromatic nitrogens is 2. The number of rotatable bonds is 2. The molecule has 1 saturated carbocycles. The molecule has 0 atom stereocenters. The van der Waals surface area contributed by atoms with E-state index in [0.29, 0.717) is 5.56 Å². The molecule has 3 rings (SSSR count). The Kier molecular flexibility index (Phi) is 3.87. The lowest BCUT2D eigenvalue weighted by Crippen LogP contribution is -2.53. The zero-order chi connectivity index (χ0) is 14.1. The maximum Gasteiger partial charge on any atom is 0.348 e. The van der Waals surface area contributed by atoms with Gasteiger partial charge in [-0.1, -0.05) is 24.4 Å². The van der Waals surface area contributed by atoms with Crippen LogP contribution in [0.5, 0.6) is 0 Å². The molecule has 0 radical (unpaired) electrons. The monoisotopic (exact) mass is 297 g/mol. The van der Waals surface area contributed by atoms with E-state index < -0.39 is 5.69 Å². The number of aromatic amines is 1. The van der Waals surface area contributed by atoms with E-state index in [4.69, 9.17) is 11.6 Å². The van der Waals surface area contributed by atoms with Crippen LogP contribution in [0.25, 0.3) is 0 Å². The predicted octanol–water partition coefficient (Wildman–Crippen LogP) is 1.97. The van der Waals surface area contributed by atoms with E-state index >= 15 is 0 Å². The molecular formula is C14H20ClN3O2. The van der Waals surface area contributed by atoms with E-state index in [2.05, 4.69) is 4.98 Å². The van der Waals surface area contributed by atoms with Crippen LogP contribution in [0.4, 0.5) is 0 Å². The number of piperidine rings is 1. The fourth-order valence-corrected chi connectivity index (χ4v) is 3.73. The quantitative estimate of drug-likeness (QED) is 0.849. The minimum atomic E-state index is -0.413. The van der Waals surface area contributed by atoms with Crippen LogP contribution in [0.2, 0.25) is 5.15 Å². The van der Waals surface area contributed by atoms with Crippen LogP contribution >= 0.6 is 11.6 Å². The second-order valence-corrected chi connectivity index (χ2v) is 6.15. The minimum absolute atomic E-state index is 0.197. The topological polar surface area (TPSA) is 58.1 Å². The lowest BCUT2D eigenvalue weighted by molar-refractivity contribution is 0.452. The molecule has 2 aliphatic rings. The summed E-state index contributed by atoms with van der Waals surface area (Å²) in [5.74, 6) is 0.197. The van der Waals surface area contributed by atoms with E-state index in [1.54, 1.807) is 0 Å². The molecule has 1 N–H and O–H groups in total. The zero-order valence-electron chi connectivity index (χ0n) is 11.5. The highest BCUT2D eigenvalue weighted by Crippen LogP contribution is 2.34. The second-order valence-electron chi connectivity index (χ2n) is 5.77. The maximum atomic E-state index is 12.7. The van der Waals surface area contributed by atoms with Gasteiger partial charge in [-0.25, -0.2) is 4.79 Å². The average Bonchev–Trinajstić information content (AvgIpc) is 2.93. The van der Waals surface area contributed by atoms with Gasteiger partial charge in [-0.2, -0.15) is 4.68 Å². The number of nitrogens with one attached hydrogen (secondary N) is 1. The number of nitrogens with zero attached hydrogens (tertiary/aromatic N) is 2. The SMILES string of the molecule is O=c1[nH]c(Cl)c(C2CCCC2)c(=O)n1N1CCCCC1. The van der Waals surface area contributed by atoms with Gasteiger partial charge in [0.05, 0.1) is 5.56 Å². The normalized spacial score (nSPS) is 20.6. The molecule has 0 amide bonds. The van der Waals surface area contributed by atoms with Crippen LogP contribution in [-0.2, 0) is 0 Å². The van der Waals surface area contributed by atoms with Gasteiger partial charge in [0.15, 0.2) is 0 Å². The third-order valence-corrected chi connectivity index (χ3v) is 4.75. The number of H-pyrrole nitrogens is 1. The van der Waals surface area contributed by atoms with Crippen LogP contribution in [0, 0.1) is 0 Å². The molecule has 1 aliphatic heterocycles. The average molecular weight is 298 g/mol. The fraction of sp³-hybridized carbons (Fsp3) is 0.714. The fourth-order valence-electron chi connectivity index (χ4n) is 3.42. The van der Waals surface area contributed by atoms with Gasteiger partial charge in [-0.05, 0) is 38.0 Å². The van der Waals surface area contributed by atoms with Gasteiger partial charge >= 0.3 is 5.69 Å². The van der Waals surface area contributed by atoms with Crippen molar-refractivity contribution in [3.8, 4) is 0 Å². The van der Waals surface area contributed by atoms with E-state index in [1.165, 1.54) is 4.68 Å². The van der Waals surface area contributed by atoms with Gasteiger partial charge in [0, 0.05) is 13.1 Å². The van der Waals surface area contributed by atoms with Crippen LogP contribution in [0.1, 0.15) is 56.4 Å². The van der Waals surface area contributed by atoms with Gasteiger partial charge in [0.2, 0.25) is 0 Å². The van der Waals surface area contributed by atoms with Crippen molar-refractivity contribution in [1.29, 1.82) is 0 Å². The molecule has 2 fully saturated rings. The molecule has 110 valence electrons. The zero-order valence-corrected chi connectivity index (χ0v) is 12.3.